The SMILES string of the molecule is O=[N+]([O-])c1ccc(NCc2cc(Cl)ccc2F)cc1Br. The molecule has 7 heteroatoms. The van der Waals surface area contributed by atoms with E-state index in [1.165, 1.54) is 24.3 Å². The molecule has 2 aromatic carbocycles. The van der Waals surface area contributed by atoms with Crippen molar-refractivity contribution in [3.63, 3.8) is 0 Å². The number of hydrogen-bond acceptors (Lipinski definition) is 3. The number of anilines is 1. The predicted molar refractivity (Wildman–Crippen MR) is 79.5 cm³/mol. The lowest BCUT2D eigenvalue weighted by molar-refractivity contribution is -0.385. The predicted octanol–water partition coefficient (Wildman–Crippen LogP) is 4.76. The topological polar surface area (TPSA) is 55.2 Å². The molecule has 0 aromatic heterocycles. The van der Waals surface area contributed by atoms with Crippen LogP contribution in [0.1, 0.15) is 5.56 Å². The van der Waals surface area contributed by atoms with Crippen LogP contribution in [0.3, 0.4) is 0 Å². The molecule has 0 heterocycles. The maximum absolute atomic E-state index is 13.5. The first kappa shape index (κ1) is 14.7. The summed E-state index contributed by atoms with van der Waals surface area (Å²) in [6, 6.07) is 8.81. The molecule has 2 rings (SSSR count). The van der Waals surface area contributed by atoms with E-state index in [0.29, 0.717) is 20.7 Å². The zero-order valence-electron chi connectivity index (χ0n) is 10.1. The Morgan fingerprint density at radius 3 is 2.70 bits per heavy atom. The zero-order chi connectivity index (χ0) is 14.7. The third-order valence-corrected chi connectivity index (χ3v) is 3.51. The highest BCUT2D eigenvalue weighted by Gasteiger charge is 2.11. The van der Waals surface area contributed by atoms with Crippen LogP contribution in [0.25, 0.3) is 0 Å². The summed E-state index contributed by atoms with van der Waals surface area (Å²) in [5.74, 6) is -0.358. The summed E-state index contributed by atoms with van der Waals surface area (Å²) in [7, 11) is 0. The van der Waals surface area contributed by atoms with Crippen molar-refractivity contribution < 1.29 is 9.31 Å². The molecule has 20 heavy (non-hydrogen) atoms. The molecule has 2 aromatic rings. The Balaban J connectivity index is 2.13. The summed E-state index contributed by atoms with van der Waals surface area (Å²) in [6.07, 6.45) is 0. The van der Waals surface area contributed by atoms with Crippen molar-refractivity contribution in [2.24, 2.45) is 0 Å². The Labute approximate surface area is 127 Å². The number of benzene rings is 2. The molecule has 0 saturated carbocycles. The van der Waals surface area contributed by atoms with Gasteiger partial charge in [-0.25, -0.2) is 4.39 Å². The highest BCUT2D eigenvalue weighted by Crippen LogP contribution is 2.28. The first-order chi connectivity index (χ1) is 9.47. The highest BCUT2D eigenvalue weighted by atomic mass is 79.9. The molecule has 0 saturated heterocycles. The van der Waals surface area contributed by atoms with Crippen LogP contribution in [0.4, 0.5) is 15.8 Å². The van der Waals surface area contributed by atoms with Gasteiger partial charge in [-0.3, -0.25) is 10.1 Å². The van der Waals surface area contributed by atoms with Gasteiger partial charge in [0.2, 0.25) is 0 Å². The summed E-state index contributed by atoms with van der Waals surface area (Å²) in [6.45, 7) is 0.233. The average molecular weight is 360 g/mol. The largest absolute Gasteiger partial charge is 0.381 e. The second-order valence-electron chi connectivity index (χ2n) is 4.01. The van der Waals surface area contributed by atoms with Gasteiger partial charge >= 0.3 is 0 Å². The maximum Gasteiger partial charge on any atom is 0.283 e. The molecule has 104 valence electrons. The van der Waals surface area contributed by atoms with Crippen LogP contribution in [0.5, 0.6) is 0 Å². The van der Waals surface area contributed by atoms with E-state index in [4.69, 9.17) is 11.6 Å². The van der Waals surface area contributed by atoms with Crippen LogP contribution < -0.4 is 5.32 Å². The number of nitro benzene ring substituents is 1. The molecule has 0 unspecified atom stereocenters. The van der Waals surface area contributed by atoms with Crippen LogP contribution in [-0.2, 0) is 6.54 Å². The van der Waals surface area contributed by atoms with Crippen molar-refractivity contribution in [3.8, 4) is 0 Å². The lowest BCUT2D eigenvalue weighted by atomic mass is 10.2. The Kier molecular flexibility index (Phi) is 4.57. The van der Waals surface area contributed by atoms with Crippen molar-refractivity contribution in [2.75, 3.05) is 5.32 Å². The summed E-state index contributed by atoms with van der Waals surface area (Å²) < 4.78 is 13.9. The molecule has 0 fully saturated rings. The van der Waals surface area contributed by atoms with Crippen LogP contribution in [-0.4, -0.2) is 4.92 Å². The quantitative estimate of drug-likeness (QED) is 0.632. The van der Waals surface area contributed by atoms with Gasteiger partial charge in [0.15, 0.2) is 0 Å². The van der Waals surface area contributed by atoms with Gasteiger partial charge < -0.3 is 5.32 Å². The van der Waals surface area contributed by atoms with E-state index in [1.807, 2.05) is 0 Å². The van der Waals surface area contributed by atoms with Crippen LogP contribution >= 0.6 is 27.5 Å². The first-order valence-corrected chi connectivity index (χ1v) is 6.76. The van der Waals surface area contributed by atoms with Crippen molar-refractivity contribution in [2.45, 2.75) is 6.54 Å². The van der Waals surface area contributed by atoms with Gasteiger partial charge in [-0.05, 0) is 46.3 Å². The van der Waals surface area contributed by atoms with E-state index in [-0.39, 0.29) is 18.0 Å². The second kappa shape index (κ2) is 6.19. The van der Waals surface area contributed by atoms with Crippen molar-refractivity contribution in [3.05, 3.63) is 67.4 Å². The van der Waals surface area contributed by atoms with Crippen LogP contribution in [0, 0.1) is 15.9 Å². The van der Waals surface area contributed by atoms with Gasteiger partial charge in [-0.15, -0.1) is 0 Å². The molecule has 0 aliphatic carbocycles. The zero-order valence-corrected chi connectivity index (χ0v) is 12.4. The molecular formula is C13H9BrClFN2O2. The molecule has 4 nitrogen and oxygen atoms in total. The maximum atomic E-state index is 13.5. The van der Waals surface area contributed by atoms with E-state index in [1.54, 1.807) is 12.1 Å². The van der Waals surface area contributed by atoms with Crippen molar-refractivity contribution >= 4 is 38.9 Å². The van der Waals surface area contributed by atoms with Gasteiger partial charge in [0.25, 0.3) is 5.69 Å². The summed E-state index contributed by atoms with van der Waals surface area (Å²) in [4.78, 5) is 10.2. The summed E-state index contributed by atoms with van der Waals surface area (Å²) >= 11 is 8.93. The summed E-state index contributed by atoms with van der Waals surface area (Å²) in [5.41, 5.74) is 1.04. The van der Waals surface area contributed by atoms with Crippen LogP contribution in [0.15, 0.2) is 40.9 Å². The molecule has 0 radical (unpaired) electrons. The lowest BCUT2D eigenvalue weighted by Crippen LogP contribution is -2.02. The molecule has 0 spiro atoms. The first-order valence-electron chi connectivity index (χ1n) is 5.59. The minimum atomic E-state index is -0.482. The monoisotopic (exact) mass is 358 g/mol. The van der Waals surface area contributed by atoms with Gasteiger partial charge in [0.05, 0.1) is 9.40 Å². The smallest absolute Gasteiger partial charge is 0.283 e. The second-order valence-corrected chi connectivity index (χ2v) is 5.30. The van der Waals surface area contributed by atoms with E-state index < -0.39 is 4.92 Å². The Morgan fingerprint density at radius 1 is 1.30 bits per heavy atom. The molecule has 0 aliphatic rings. The number of halogens is 3. The normalized spacial score (nSPS) is 10.3. The molecule has 0 amide bonds. The highest BCUT2D eigenvalue weighted by molar-refractivity contribution is 9.10. The lowest BCUT2D eigenvalue weighted by Gasteiger charge is -2.08. The number of nitro groups is 1. The number of nitrogens with zero attached hydrogens (tertiary/aromatic N) is 1. The van der Waals surface area contributed by atoms with Gasteiger partial charge in [0, 0.05) is 28.9 Å². The molecule has 0 atom stereocenters. The van der Waals surface area contributed by atoms with Gasteiger partial charge in [-0.2, -0.15) is 0 Å². The fourth-order valence-corrected chi connectivity index (χ4v) is 2.36. The molecule has 1 N–H and O–H groups in total. The molecular weight excluding hydrogens is 351 g/mol. The third-order valence-electron chi connectivity index (χ3n) is 2.64. The van der Waals surface area contributed by atoms with Crippen molar-refractivity contribution in [1.29, 1.82) is 0 Å². The minimum Gasteiger partial charge on any atom is -0.381 e. The number of nitrogens with one attached hydrogen (secondary N) is 1. The number of rotatable bonds is 4. The van der Waals surface area contributed by atoms with E-state index in [2.05, 4.69) is 21.2 Å². The average Bonchev–Trinajstić information content (AvgIpc) is 2.39. The Hall–Kier alpha value is -1.66. The van der Waals surface area contributed by atoms with Gasteiger partial charge in [0.1, 0.15) is 5.82 Å². The minimum absolute atomic E-state index is 0.0236. The Bertz CT molecular complexity index is 667. The summed E-state index contributed by atoms with van der Waals surface area (Å²) in [5, 5.41) is 14.1. The standard InChI is InChI=1S/C13H9BrClFN2O2/c14-11-6-10(2-4-13(11)18(19)20)17-7-8-5-9(15)1-3-12(8)16/h1-6,17H,7H2. The third kappa shape index (κ3) is 3.46. The fraction of sp³-hybridized carbons (Fsp3) is 0.0769. The van der Waals surface area contributed by atoms with E-state index in [0.717, 1.165) is 0 Å². The van der Waals surface area contributed by atoms with Crippen LogP contribution in [0.2, 0.25) is 5.02 Å². The Morgan fingerprint density at radius 2 is 2.05 bits per heavy atom. The van der Waals surface area contributed by atoms with Gasteiger partial charge in [-0.1, -0.05) is 11.6 Å². The molecule has 0 aliphatic heterocycles. The molecule has 0 bridgehead atoms. The van der Waals surface area contributed by atoms with E-state index >= 15 is 0 Å². The fourth-order valence-electron chi connectivity index (χ4n) is 1.64. The number of hydrogen-bond donors (Lipinski definition) is 1. The van der Waals surface area contributed by atoms with Crippen molar-refractivity contribution in [1.82, 2.24) is 0 Å². The van der Waals surface area contributed by atoms with E-state index in [9.17, 15) is 14.5 Å².